The van der Waals surface area contributed by atoms with Crippen LogP contribution >= 0.6 is 0 Å². The summed E-state index contributed by atoms with van der Waals surface area (Å²) < 4.78 is 41.5. The van der Waals surface area contributed by atoms with E-state index in [2.05, 4.69) is 10.4 Å². The molecule has 2 aromatic carbocycles. The molecule has 1 aromatic heterocycles. The smallest absolute Gasteiger partial charge is 0.346 e. The highest BCUT2D eigenvalue weighted by atomic mass is 19.4. The Hall–Kier alpha value is -3.62. The minimum absolute atomic E-state index is 0.131. The minimum Gasteiger partial charge on any atom is -0.346 e. The van der Waals surface area contributed by atoms with Crippen molar-refractivity contribution in [1.29, 1.82) is 0 Å². The molecule has 1 aliphatic rings. The molecule has 0 aliphatic carbocycles. The van der Waals surface area contributed by atoms with Gasteiger partial charge in [0.2, 0.25) is 0 Å². The van der Waals surface area contributed by atoms with E-state index in [0.717, 1.165) is 11.1 Å². The van der Waals surface area contributed by atoms with Crippen molar-refractivity contribution in [2.75, 3.05) is 11.4 Å². The lowest BCUT2D eigenvalue weighted by Gasteiger charge is -2.25. The second-order valence-electron chi connectivity index (χ2n) is 7.64. The summed E-state index contributed by atoms with van der Waals surface area (Å²) in [7, 11) is 0. The lowest BCUT2D eigenvalue weighted by atomic mass is 10.1. The first-order valence-corrected chi connectivity index (χ1v) is 10.2. The van der Waals surface area contributed by atoms with Gasteiger partial charge in [-0.3, -0.25) is 19.2 Å². The first-order valence-electron chi connectivity index (χ1n) is 10.2. The fourth-order valence-electron chi connectivity index (χ4n) is 3.75. The van der Waals surface area contributed by atoms with E-state index >= 15 is 0 Å². The molecule has 1 aliphatic heterocycles. The summed E-state index contributed by atoms with van der Waals surface area (Å²) in [6.45, 7) is 0.0438. The van der Waals surface area contributed by atoms with E-state index in [-0.39, 0.29) is 24.3 Å². The summed E-state index contributed by atoms with van der Waals surface area (Å²) >= 11 is 0. The molecule has 4 rings (SSSR count). The van der Waals surface area contributed by atoms with Gasteiger partial charge in [-0.1, -0.05) is 60.7 Å². The largest absolute Gasteiger partial charge is 0.471 e. The third kappa shape index (κ3) is 4.82. The number of alkyl halides is 3. The molecule has 32 heavy (non-hydrogen) atoms. The Labute approximate surface area is 182 Å². The molecule has 6 nitrogen and oxygen atoms in total. The quantitative estimate of drug-likeness (QED) is 0.659. The number of amides is 2. The number of anilines is 1. The first-order chi connectivity index (χ1) is 15.3. The Morgan fingerprint density at radius 3 is 2.28 bits per heavy atom. The number of carbonyl (C=O) groups is 2. The minimum atomic E-state index is -5.08. The molecule has 1 N–H and O–H groups in total. The molecule has 2 amide bonds. The third-order valence-electron chi connectivity index (χ3n) is 5.27. The van der Waals surface area contributed by atoms with Crippen molar-refractivity contribution in [3.8, 4) is 0 Å². The fourth-order valence-corrected chi connectivity index (χ4v) is 3.75. The van der Waals surface area contributed by atoms with Crippen LogP contribution in [-0.2, 0) is 24.2 Å². The summed E-state index contributed by atoms with van der Waals surface area (Å²) in [6, 6.07) is 17.9. The zero-order chi connectivity index (χ0) is 22.7. The van der Waals surface area contributed by atoms with Crippen LogP contribution in [0.1, 0.15) is 21.6 Å². The number of hydrogen-bond donors (Lipinski definition) is 1. The van der Waals surface area contributed by atoms with Gasteiger partial charge in [0.15, 0.2) is 5.69 Å². The molecule has 1 atom stereocenters. The predicted molar refractivity (Wildman–Crippen MR) is 112 cm³/mol. The number of benzene rings is 2. The number of aryl methyl sites for hydroxylation is 2. The molecule has 0 unspecified atom stereocenters. The van der Waals surface area contributed by atoms with Gasteiger partial charge in [-0.15, -0.1) is 0 Å². The normalized spacial score (nSPS) is 16.3. The fraction of sp³-hybridized carbons (Fsp3) is 0.261. The van der Waals surface area contributed by atoms with E-state index < -0.39 is 24.0 Å². The van der Waals surface area contributed by atoms with Gasteiger partial charge < -0.3 is 5.32 Å². The Morgan fingerprint density at radius 2 is 1.66 bits per heavy atom. The van der Waals surface area contributed by atoms with E-state index in [9.17, 15) is 22.8 Å². The van der Waals surface area contributed by atoms with Gasteiger partial charge in [-0.05, 0) is 24.0 Å². The van der Waals surface area contributed by atoms with E-state index in [1.165, 1.54) is 10.9 Å². The molecule has 2 heterocycles. The highest BCUT2D eigenvalue weighted by Gasteiger charge is 2.46. The highest BCUT2D eigenvalue weighted by Crippen LogP contribution is 2.29. The molecular formula is C23H21F3N4O2. The lowest BCUT2D eigenvalue weighted by Crippen LogP contribution is -2.48. The van der Waals surface area contributed by atoms with Crippen LogP contribution < -0.4 is 10.2 Å². The van der Waals surface area contributed by atoms with Gasteiger partial charge in [-0.2, -0.15) is 18.3 Å². The average molecular weight is 442 g/mol. The highest BCUT2D eigenvalue weighted by molar-refractivity contribution is 6.06. The van der Waals surface area contributed by atoms with Crippen LogP contribution in [-0.4, -0.2) is 40.4 Å². The van der Waals surface area contributed by atoms with Crippen LogP contribution in [0, 0.1) is 0 Å². The molecular weight excluding hydrogens is 421 g/mol. The summed E-state index contributed by atoms with van der Waals surface area (Å²) in [5.74, 6) is -2.62. The molecule has 166 valence electrons. The molecule has 9 heteroatoms. The maximum absolute atomic E-state index is 13.4. The Bertz CT molecular complexity index is 1100. The van der Waals surface area contributed by atoms with Crippen molar-refractivity contribution in [3.63, 3.8) is 0 Å². The van der Waals surface area contributed by atoms with E-state index in [1.807, 2.05) is 48.5 Å². The Balaban J connectivity index is 1.61. The topological polar surface area (TPSA) is 67.2 Å². The number of carbonyl (C=O) groups excluding carboxylic acids is 2. The van der Waals surface area contributed by atoms with Gasteiger partial charge in [0, 0.05) is 19.3 Å². The number of rotatable bonds is 5. The number of aromatic nitrogens is 2. The molecule has 0 spiro atoms. The van der Waals surface area contributed by atoms with Crippen molar-refractivity contribution in [1.82, 2.24) is 15.1 Å². The zero-order valence-corrected chi connectivity index (χ0v) is 17.0. The zero-order valence-electron chi connectivity index (χ0n) is 17.0. The second kappa shape index (κ2) is 8.86. The van der Waals surface area contributed by atoms with Crippen LogP contribution in [0.4, 0.5) is 18.9 Å². The predicted octanol–water partition coefficient (Wildman–Crippen LogP) is 3.38. The molecule has 0 fully saturated rings. The van der Waals surface area contributed by atoms with Crippen LogP contribution in [0.25, 0.3) is 0 Å². The maximum atomic E-state index is 13.4. The van der Waals surface area contributed by atoms with Gasteiger partial charge >= 0.3 is 12.1 Å². The molecule has 0 radical (unpaired) electrons. The van der Waals surface area contributed by atoms with Gasteiger partial charge in [0.05, 0.1) is 11.7 Å². The Morgan fingerprint density at radius 1 is 1.03 bits per heavy atom. The third-order valence-corrected chi connectivity index (χ3v) is 5.27. The van der Waals surface area contributed by atoms with Crippen molar-refractivity contribution < 1.29 is 22.8 Å². The van der Waals surface area contributed by atoms with Gasteiger partial charge in [-0.25, -0.2) is 0 Å². The van der Waals surface area contributed by atoms with Crippen LogP contribution in [0.15, 0.2) is 66.9 Å². The summed E-state index contributed by atoms with van der Waals surface area (Å²) in [5, 5.41) is 6.94. The maximum Gasteiger partial charge on any atom is 0.471 e. The van der Waals surface area contributed by atoms with Crippen molar-refractivity contribution >= 4 is 17.5 Å². The van der Waals surface area contributed by atoms with E-state index in [4.69, 9.17) is 0 Å². The molecule has 0 bridgehead atoms. The van der Waals surface area contributed by atoms with Crippen LogP contribution in [0.2, 0.25) is 0 Å². The van der Waals surface area contributed by atoms with E-state index in [1.54, 1.807) is 12.1 Å². The van der Waals surface area contributed by atoms with Crippen molar-refractivity contribution in [2.24, 2.45) is 0 Å². The summed E-state index contributed by atoms with van der Waals surface area (Å²) in [6.07, 6.45) is -2.88. The monoisotopic (exact) mass is 442 g/mol. The lowest BCUT2D eigenvalue weighted by molar-refractivity contribution is -0.170. The number of nitrogens with one attached hydrogen (secondary N) is 1. The second-order valence-corrected chi connectivity index (χ2v) is 7.64. The SMILES string of the molecule is O=C1N[C@H](Cc2ccccc2)CN(C(=O)C(F)(F)F)c2cn(CCc3ccccc3)nc21. The van der Waals surface area contributed by atoms with Crippen molar-refractivity contribution in [3.05, 3.63) is 83.7 Å². The number of hydrogen-bond acceptors (Lipinski definition) is 3. The Kier molecular flexibility index (Phi) is 5.98. The molecule has 3 aromatic rings. The van der Waals surface area contributed by atoms with E-state index in [0.29, 0.717) is 17.9 Å². The standard InChI is InChI=1S/C23H21F3N4O2/c24-23(25,26)22(32)30-14-18(13-17-9-5-2-6-10-17)27-21(31)20-19(30)15-29(28-20)12-11-16-7-3-1-4-8-16/h1-10,15,18H,11-14H2,(H,27,31)/t18-/m1/s1. The number of nitrogens with zero attached hydrogens (tertiary/aromatic N) is 3. The van der Waals surface area contributed by atoms with Crippen molar-refractivity contribution in [2.45, 2.75) is 31.6 Å². The first kappa shape index (κ1) is 21.6. The van der Waals surface area contributed by atoms with Gasteiger partial charge in [0.1, 0.15) is 0 Å². The number of halogens is 3. The van der Waals surface area contributed by atoms with Crippen LogP contribution in [0.3, 0.4) is 0 Å². The summed E-state index contributed by atoms with van der Waals surface area (Å²) in [5.41, 5.74) is 1.54. The summed E-state index contributed by atoms with van der Waals surface area (Å²) in [4.78, 5) is 25.7. The number of fused-ring (bicyclic) bond motifs is 1. The molecule has 0 saturated heterocycles. The average Bonchev–Trinajstić information content (AvgIpc) is 3.15. The van der Waals surface area contributed by atoms with Crippen LogP contribution in [0.5, 0.6) is 0 Å². The van der Waals surface area contributed by atoms with Gasteiger partial charge in [0.25, 0.3) is 5.91 Å². The molecule has 0 saturated carbocycles.